The summed E-state index contributed by atoms with van der Waals surface area (Å²) < 4.78 is 0. The number of aliphatic carboxylic acids is 1. The highest BCUT2D eigenvalue weighted by molar-refractivity contribution is 5.69. The van der Waals surface area contributed by atoms with E-state index in [2.05, 4.69) is 34.6 Å². The second-order valence-corrected chi connectivity index (χ2v) is 5.34. The molecule has 0 radical (unpaired) electrons. The van der Waals surface area contributed by atoms with Gasteiger partial charge in [-0.1, -0.05) is 20.3 Å². The molecule has 0 heterocycles. The van der Waals surface area contributed by atoms with Crippen molar-refractivity contribution in [2.24, 2.45) is 5.92 Å². The van der Waals surface area contributed by atoms with Crippen LogP contribution in [0.3, 0.4) is 0 Å². The van der Waals surface area contributed by atoms with E-state index in [9.17, 15) is 4.79 Å². The Bertz CT molecular complexity index is 196. The molecule has 0 bridgehead atoms. The smallest absolute Gasteiger partial charge is 0.317 e. The van der Waals surface area contributed by atoms with Crippen molar-refractivity contribution in [1.29, 1.82) is 0 Å². The van der Waals surface area contributed by atoms with Crippen LogP contribution in [0.1, 0.15) is 47.5 Å². The van der Waals surface area contributed by atoms with Gasteiger partial charge in [-0.2, -0.15) is 0 Å². The zero-order valence-corrected chi connectivity index (χ0v) is 10.7. The minimum absolute atomic E-state index is 0.0691. The monoisotopic (exact) mass is 215 g/mol. The fourth-order valence-electron chi connectivity index (χ4n) is 1.70. The number of rotatable bonds is 6. The van der Waals surface area contributed by atoms with Crippen LogP contribution >= 0.6 is 0 Å². The van der Waals surface area contributed by atoms with Crippen LogP contribution in [0, 0.1) is 5.92 Å². The zero-order chi connectivity index (χ0) is 12.1. The Labute approximate surface area is 93.5 Å². The molecule has 0 aliphatic carbocycles. The van der Waals surface area contributed by atoms with E-state index in [1.807, 2.05) is 4.90 Å². The third-order valence-corrected chi connectivity index (χ3v) is 2.59. The Kier molecular flexibility index (Phi) is 5.88. The van der Waals surface area contributed by atoms with Crippen molar-refractivity contribution in [3.8, 4) is 0 Å². The molecule has 0 aromatic carbocycles. The Balaban J connectivity index is 4.31. The Morgan fingerprint density at radius 1 is 1.40 bits per heavy atom. The maximum Gasteiger partial charge on any atom is 0.317 e. The van der Waals surface area contributed by atoms with Crippen LogP contribution in [0.2, 0.25) is 0 Å². The van der Waals surface area contributed by atoms with E-state index < -0.39 is 5.97 Å². The van der Waals surface area contributed by atoms with Gasteiger partial charge in [0.15, 0.2) is 0 Å². The van der Waals surface area contributed by atoms with E-state index in [1.54, 1.807) is 0 Å². The highest BCUT2D eigenvalue weighted by Crippen LogP contribution is 2.17. The SMILES string of the molecule is CCCC(C)CN(CC(=O)O)C(C)(C)C. The summed E-state index contributed by atoms with van der Waals surface area (Å²) in [5.74, 6) is -0.179. The quantitative estimate of drug-likeness (QED) is 0.740. The number of carboxylic acids is 1. The number of carbonyl (C=O) groups is 1. The molecule has 3 heteroatoms. The molecule has 0 aromatic heterocycles. The Hall–Kier alpha value is -0.570. The molecule has 1 unspecified atom stereocenters. The molecule has 90 valence electrons. The minimum atomic E-state index is -0.742. The molecule has 0 saturated heterocycles. The maximum absolute atomic E-state index is 10.8. The van der Waals surface area contributed by atoms with Gasteiger partial charge in [0.25, 0.3) is 0 Å². The van der Waals surface area contributed by atoms with Gasteiger partial charge in [0.2, 0.25) is 0 Å². The first-order valence-corrected chi connectivity index (χ1v) is 5.74. The van der Waals surface area contributed by atoms with Gasteiger partial charge in [0.1, 0.15) is 0 Å². The van der Waals surface area contributed by atoms with Crippen LogP contribution in [0.4, 0.5) is 0 Å². The van der Waals surface area contributed by atoms with Gasteiger partial charge in [0, 0.05) is 12.1 Å². The third-order valence-electron chi connectivity index (χ3n) is 2.59. The molecule has 0 aliphatic rings. The summed E-state index contributed by atoms with van der Waals surface area (Å²) in [6, 6.07) is 0. The van der Waals surface area contributed by atoms with Gasteiger partial charge >= 0.3 is 5.97 Å². The van der Waals surface area contributed by atoms with Crippen LogP contribution in [0.25, 0.3) is 0 Å². The van der Waals surface area contributed by atoms with Gasteiger partial charge in [-0.05, 0) is 33.1 Å². The highest BCUT2D eigenvalue weighted by Gasteiger charge is 2.24. The summed E-state index contributed by atoms with van der Waals surface area (Å²) in [6.07, 6.45) is 2.32. The lowest BCUT2D eigenvalue weighted by Gasteiger charge is -2.36. The molecule has 0 aromatic rings. The predicted octanol–water partition coefficient (Wildman–Crippen LogP) is 2.61. The third kappa shape index (κ3) is 6.50. The van der Waals surface area contributed by atoms with E-state index >= 15 is 0 Å². The van der Waals surface area contributed by atoms with Crippen molar-refractivity contribution in [2.45, 2.75) is 53.0 Å². The van der Waals surface area contributed by atoms with Crippen LogP contribution < -0.4 is 0 Å². The number of hydrogen-bond donors (Lipinski definition) is 1. The summed E-state index contributed by atoms with van der Waals surface area (Å²) in [7, 11) is 0. The van der Waals surface area contributed by atoms with E-state index in [0.29, 0.717) is 5.92 Å². The maximum atomic E-state index is 10.8. The highest BCUT2D eigenvalue weighted by atomic mass is 16.4. The average molecular weight is 215 g/mol. The van der Waals surface area contributed by atoms with Gasteiger partial charge < -0.3 is 5.11 Å². The lowest BCUT2D eigenvalue weighted by molar-refractivity contribution is -0.139. The predicted molar refractivity (Wildman–Crippen MR) is 63.0 cm³/mol. The first-order chi connectivity index (χ1) is 6.77. The van der Waals surface area contributed by atoms with Crippen molar-refractivity contribution in [1.82, 2.24) is 4.90 Å². The fourth-order valence-corrected chi connectivity index (χ4v) is 1.70. The molecule has 3 nitrogen and oxygen atoms in total. The largest absolute Gasteiger partial charge is 0.480 e. The molecular formula is C12H25NO2. The minimum Gasteiger partial charge on any atom is -0.480 e. The molecule has 1 atom stereocenters. The molecule has 0 spiro atoms. The second-order valence-electron chi connectivity index (χ2n) is 5.34. The van der Waals surface area contributed by atoms with E-state index in [-0.39, 0.29) is 12.1 Å². The summed E-state index contributed by atoms with van der Waals surface area (Å²) in [4.78, 5) is 12.8. The van der Waals surface area contributed by atoms with Crippen molar-refractivity contribution in [3.05, 3.63) is 0 Å². The molecule has 0 rings (SSSR count). The van der Waals surface area contributed by atoms with Crippen LogP contribution in [0.15, 0.2) is 0 Å². The van der Waals surface area contributed by atoms with E-state index in [1.165, 1.54) is 0 Å². The zero-order valence-electron chi connectivity index (χ0n) is 10.7. The van der Waals surface area contributed by atoms with Gasteiger partial charge in [-0.15, -0.1) is 0 Å². The van der Waals surface area contributed by atoms with Crippen LogP contribution in [0.5, 0.6) is 0 Å². The summed E-state index contributed by atoms with van der Waals surface area (Å²) in [6.45, 7) is 11.5. The van der Waals surface area contributed by atoms with Crippen LogP contribution in [-0.2, 0) is 4.79 Å². The van der Waals surface area contributed by atoms with E-state index in [4.69, 9.17) is 5.11 Å². The normalized spacial score (nSPS) is 14.3. The standard InChI is InChI=1S/C12H25NO2/c1-6-7-10(2)8-13(9-11(14)15)12(3,4)5/h10H,6-9H2,1-5H3,(H,14,15). The van der Waals surface area contributed by atoms with Crippen molar-refractivity contribution >= 4 is 5.97 Å². The lowest BCUT2D eigenvalue weighted by Crippen LogP contribution is -2.46. The fraction of sp³-hybridized carbons (Fsp3) is 0.917. The molecule has 15 heavy (non-hydrogen) atoms. The lowest BCUT2D eigenvalue weighted by atomic mass is 10.0. The van der Waals surface area contributed by atoms with Crippen molar-refractivity contribution in [2.75, 3.05) is 13.1 Å². The van der Waals surface area contributed by atoms with Gasteiger partial charge in [-0.25, -0.2) is 0 Å². The Morgan fingerprint density at radius 2 is 1.93 bits per heavy atom. The first-order valence-electron chi connectivity index (χ1n) is 5.74. The number of carboxylic acid groups (broad SMARTS) is 1. The van der Waals surface area contributed by atoms with Crippen molar-refractivity contribution in [3.63, 3.8) is 0 Å². The molecule has 0 fully saturated rings. The molecule has 0 aliphatic heterocycles. The summed E-state index contributed by atoms with van der Waals surface area (Å²) >= 11 is 0. The number of nitrogens with zero attached hydrogens (tertiary/aromatic N) is 1. The first kappa shape index (κ1) is 14.4. The van der Waals surface area contributed by atoms with E-state index in [0.717, 1.165) is 19.4 Å². The average Bonchev–Trinajstić information content (AvgIpc) is 2.00. The number of hydrogen-bond acceptors (Lipinski definition) is 2. The second kappa shape index (κ2) is 6.11. The van der Waals surface area contributed by atoms with Crippen molar-refractivity contribution < 1.29 is 9.90 Å². The molecule has 0 amide bonds. The summed E-state index contributed by atoms with van der Waals surface area (Å²) in [5, 5.41) is 8.85. The Morgan fingerprint density at radius 3 is 2.27 bits per heavy atom. The summed E-state index contributed by atoms with van der Waals surface area (Å²) in [5.41, 5.74) is -0.0691. The molecule has 0 saturated carbocycles. The van der Waals surface area contributed by atoms with Gasteiger partial charge in [-0.3, -0.25) is 9.69 Å². The molecular weight excluding hydrogens is 190 g/mol. The molecule has 1 N–H and O–H groups in total. The van der Waals surface area contributed by atoms with Crippen LogP contribution in [-0.4, -0.2) is 34.6 Å². The van der Waals surface area contributed by atoms with Gasteiger partial charge in [0.05, 0.1) is 6.54 Å². The topological polar surface area (TPSA) is 40.5 Å².